The molecular formula is C13H18FNO2. The zero-order valence-electron chi connectivity index (χ0n) is 10.2. The van der Waals surface area contributed by atoms with Gasteiger partial charge in [0.1, 0.15) is 11.6 Å². The van der Waals surface area contributed by atoms with Gasteiger partial charge in [0.2, 0.25) is 0 Å². The quantitative estimate of drug-likeness (QED) is 0.775. The summed E-state index contributed by atoms with van der Waals surface area (Å²) in [5, 5.41) is 2.78. The van der Waals surface area contributed by atoms with Gasteiger partial charge in [-0.15, -0.1) is 0 Å². The summed E-state index contributed by atoms with van der Waals surface area (Å²) in [4.78, 5) is 11.6. The molecule has 0 spiro atoms. The van der Waals surface area contributed by atoms with E-state index < -0.39 is 6.10 Å². The number of rotatable bonds is 6. The van der Waals surface area contributed by atoms with Crippen LogP contribution in [0.5, 0.6) is 5.75 Å². The van der Waals surface area contributed by atoms with E-state index in [2.05, 4.69) is 12.2 Å². The average molecular weight is 239 g/mol. The van der Waals surface area contributed by atoms with Crippen LogP contribution in [0.25, 0.3) is 0 Å². The molecule has 3 nitrogen and oxygen atoms in total. The highest BCUT2D eigenvalue weighted by atomic mass is 19.1. The van der Waals surface area contributed by atoms with Gasteiger partial charge in [-0.3, -0.25) is 4.79 Å². The van der Waals surface area contributed by atoms with Crippen molar-refractivity contribution in [1.29, 1.82) is 0 Å². The van der Waals surface area contributed by atoms with E-state index in [0.717, 1.165) is 12.8 Å². The van der Waals surface area contributed by atoms with Crippen LogP contribution in [0.4, 0.5) is 4.39 Å². The topological polar surface area (TPSA) is 38.3 Å². The minimum atomic E-state index is -0.572. The number of carbonyl (C=O) groups excluding carboxylic acids is 1. The molecule has 1 amide bonds. The molecule has 0 aliphatic rings. The standard InChI is InChI=1S/C13H18FNO2/c1-3-4-9-15-13(16)10(2)17-12-7-5-11(14)6-8-12/h5-8,10H,3-4,9H2,1-2H3,(H,15,16)/t10-/m1/s1. The number of carbonyl (C=O) groups is 1. The first-order valence-electron chi connectivity index (χ1n) is 5.83. The van der Waals surface area contributed by atoms with Gasteiger partial charge >= 0.3 is 0 Å². The summed E-state index contributed by atoms with van der Waals surface area (Å²) in [7, 11) is 0. The number of nitrogens with one attached hydrogen (secondary N) is 1. The van der Waals surface area contributed by atoms with Gasteiger partial charge in [-0.1, -0.05) is 13.3 Å². The summed E-state index contributed by atoms with van der Waals surface area (Å²) in [6, 6.07) is 5.62. The number of hydrogen-bond acceptors (Lipinski definition) is 2. The molecule has 0 saturated carbocycles. The largest absolute Gasteiger partial charge is 0.481 e. The second-order valence-electron chi connectivity index (χ2n) is 3.86. The van der Waals surface area contributed by atoms with Gasteiger partial charge in [-0.2, -0.15) is 0 Å². The van der Waals surface area contributed by atoms with Gasteiger partial charge in [0.05, 0.1) is 0 Å². The molecule has 4 heteroatoms. The molecule has 1 aromatic rings. The predicted octanol–water partition coefficient (Wildman–Crippen LogP) is 2.51. The summed E-state index contributed by atoms with van der Waals surface area (Å²) in [6.07, 6.45) is 1.42. The molecule has 0 aliphatic carbocycles. The van der Waals surface area contributed by atoms with Gasteiger partial charge in [0.15, 0.2) is 6.10 Å². The molecule has 1 aromatic carbocycles. The Bertz CT molecular complexity index is 351. The van der Waals surface area contributed by atoms with Crippen molar-refractivity contribution >= 4 is 5.91 Å². The first kappa shape index (κ1) is 13.5. The van der Waals surface area contributed by atoms with Crippen LogP contribution >= 0.6 is 0 Å². The molecule has 0 fully saturated rings. The van der Waals surface area contributed by atoms with Crippen molar-refractivity contribution in [2.75, 3.05) is 6.54 Å². The van der Waals surface area contributed by atoms with Crippen LogP contribution < -0.4 is 10.1 Å². The van der Waals surface area contributed by atoms with Crippen LogP contribution in [0.15, 0.2) is 24.3 Å². The molecule has 0 saturated heterocycles. The Labute approximate surface area is 101 Å². The van der Waals surface area contributed by atoms with Crippen molar-refractivity contribution in [3.8, 4) is 5.75 Å². The number of ether oxygens (including phenoxy) is 1. The van der Waals surface area contributed by atoms with Gasteiger partial charge in [0, 0.05) is 6.54 Å². The Balaban J connectivity index is 2.40. The van der Waals surface area contributed by atoms with E-state index in [1.54, 1.807) is 6.92 Å². The Morgan fingerprint density at radius 1 is 1.41 bits per heavy atom. The summed E-state index contributed by atoms with van der Waals surface area (Å²) in [5.74, 6) is 0.0183. The summed E-state index contributed by atoms with van der Waals surface area (Å²) >= 11 is 0. The second-order valence-corrected chi connectivity index (χ2v) is 3.86. The van der Waals surface area contributed by atoms with Gasteiger partial charge in [0.25, 0.3) is 5.91 Å². The van der Waals surface area contributed by atoms with E-state index in [4.69, 9.17) is 4.74 Å². The molecule has 17 heavy (non-hydrogen) atoms. The predicted molar refractivity (Wildman–Crippen MR) is 64.4 cm³/mol. The molecule has 1 atom stereocenters. The normalized spacial score (nSPS) is 11.9. The summed E-state index contributed by atoms with van der Waals surface area (Å²) < 4.78 is 18.0. The number of amides is 1. The zero-order valence-corrected chi connectivity index (χ0v) is 10.2. The van der Waals surface area contributed by atoms with Gasteiger partial charge in [-0.05, 0) is 37.6 Å². The molecule has 0 aliphatic heterocycles. The minimum Gasteiger partial charge on any atom is -0.481 e. The molecule has 0 bridgehead atoms. The highest BCUT2D eigenvalue weighted by Gasteiger charge is 2.13. The lowest BCUT2D eigenvalue weighted by molar-refractivity contribution is -0.127. The SMILES string of the molecule is CCCCNC(=O)[C@@H](C)Oc1ccc(F)cc1. The molecule has 0 aromatic heterocycles. The minimum absolute atomic E-state index is 0.150. The number of hydrogen-bond donors (Lipinski definition) is 1. The smallest absolute Gasteiger partial charge is 0.260 e. The van der Waals surface area contributed by atoms with Gasteiger partial charge < -0.3 is 10.1 Å². The van der Waals surface area contributed by atoms with Crippen molar-refractivity contribution in [3.63, 3.8) is 0 Å². The molecule has 94 valence electrons. The van der Waals surface area contributed by atoms with E-state index >= 15 is 0 Å². The van der Waals surface area contributed by atoms with Gasteiger partial charge in [-0.25, -0.2) is 4.39 Å². The first-order chi connectivity index (χ1) is 8.13. The third kappa shape index (κ3) is 4.85. The van der Waals surface area contributed by atoms with Crippen LogP contribution in [0.2, 0.25) is 0 Å². The maximum absolute atomic E-state index is 12.7. The van der Waals surface area contributed by atoms with Crippen molar-refractivity contribution in [3.05, 3.63) is 30.1 Å². The summed E-state index contributed by atoms with van der Waals surface area (Å²) in [6.45, 7) is 4.39. The summed E-state index contributed by atoms with van der Waals surface area (Å²) in [5.41, 5.74) is 0. The third-order valence-electron chi connectivity index (χ3n) is 2.33. The Morgan fingerprint density at radius 3 is 2.65 bits per heavy atom. The first-order valence-corrected chi connectivity index (χ1v) is 5.83. The van der Waals surface area contributed by atoms with E-state index in [1.807, 2.05) is 0 Å². The zero-order chi connectivity index (χ0) is 12.7. The van der Waals surface area contributed by atoms with E-state index in [9.17, 15) is 9.18 Å². The van der Waals surface area contributed by atoms with E-state index in [0.29, 0.717) is 12.3 Å². The van der Waals surface area contributed by atoms with Crippen LogP contribution in [0, 0.1) is 5.82 Å². The highest BCUT2D eigenvalue weighted by molar-refractivity contribution is 5.80. The van der Waals surface area contributed by atoms with Crippen molar-refractivity contribution in [2.24, 2.45) is 0 Å². The lowest BCUT2D eigenvalue weighted by Gasteiger charge is -2.14. The van der Waals surface area contributed by atoms with Crippen LogP contribution in [0.3, 0.4) is 0 Å². The fourth-order valence-corrected chi connectivity index (χ4v) is 1.30. The molecule has 1 N–H and O–H groups in total. The third-order valence-corrected chi connectivity index (χ3v) is 2.33. The number of benzene rings is 1. The second kappa shape index (κ2) is 6.89. The average Bonchev–Trinajstić information content (AvgIpc) is 2.32. The molecular weight excluding hydrogens is 221 g/mol. The maximum atomic E-state index is 12.7. The fourth-order valence-electron chi connectivity index (χ4n) is 1.30. The van der Waals surface area contributed by atoms with Crippen molar-refractivity contribution < 1.29 is 13.9 Å². The van der Waals surface area contributed by atoms with Crippen molar-refractivity contribution in [2.45, 2.75) is 32.8 Å². The monoisotopic (exact) mass is 239 g/mol. The van der Waals surface area contributed by atoms with E-state index in [-0.39, 0.29) is 11.7 Å². The molecule has 0 heterocycles. The Hall–Kier alpha value is -1.58. The lowest BCUT2D eigenvalue weighted by atomic mass is 10.3. The highest BCUT2D eigenvalue weighted by Crippen LogP contribution is 2.12. The molecule has 0 unspecified atom stereocenters. The number of halogens is 1. The molecule has 1 rings (SSSR count). The van der Waals surface area contributed by atoms with Crippen molar-refractivity contribution in [1.82, 2.24) is 5.32 Å². The Kier molecular flexibility index (Phi) is 5.46. The Morgan fingerprint density at radius 2 is 2.06 bits per heavy atom. The van der Waals surface area contributed by atoms with E-state index in [1.165, 1.54) is 24.3 Å². The fraction of sp³-hybridized carbons (Fsp3) is 0.462. The maximum Gasteiger partial charge on any atom is 0.260 e. The number of unbranched alkanes of at least 4 members (excludes halogenated alkanes) is 1. The molecule has 0 radical (unpaired) electrons. The van der Waals surface area contributed by atoms with Crippen LogP contribution in [-0.4, -0.2) is 18.6 Å². The van der Waals surface area contributed by atoms with Crippen LogP contribution in [0.1, 0.15) is 26.7 Å². The lowest BCUT2D eigenvalue weighted by Crippen LogP contribution is -2.36. The van der Waals surface area contributed by atoms with Crippen LogP contribution in [-0.2, 0) is 4.79 Å².